The number of benzene rings is 3. The van der Waals surface area contributed by atoms with E-state index in [-0.39, 0.29) is 17.6 Å². The monoisotopic (exact) mass is 511 g/mol. The molecule has 2 aliphatic heterocycles. The van der Waals surface area contributed by atoms with Gasteiger partial charge in [0.15, 0.2) is 11.5 Å². The number of nitrogens with one attached hydrogen (secondary N) is 1. The van der Waals surface area contributed by atoms with Crippen LogP contribution in [0.4, 0.5) is 17.1 Å². The maximum atomic E-state index is 12.9. The SMILES string of the molecule is COc1ccc(/C=C/C(=O)Nc2ccccc2N2CCOCC2)cc1/C=C1\Oc2ccccc2N(C)C1=O. The van der Waals surface area contributed by atoms with Crippen LogP contribution >= 0.6 is 0 Å². The molecule has 194 valence electrons. The number of anilines is 3. The zero-order valence-electron chi connectivity index (χ0n) is 21.3. The predicted octanol–water partition coefficient (Wildman–Crippen LogP) is 4.58. The fourth-order valence-electron chi connectivity index (χ4n) is 4.46. The Morgan fingerprint density at radius 2 is 1.74 bits per heavy atom. The smallest absolute Gasteiger partial charge is 0.293 e. The molecule has 3 aromatic carbocycles. The molecule has 1 N–H and O–H groups in total. The molecule has 0 aliphatic carbocycles. The summed E-state index contributed by atoms with van der Waals surface area (Å²) in [6.45, 7) is 2.88. The number of para-hydroxylation sites is 4. The van der Waals surface area contributed by atoms with Gasteiger partial charge in [-0.2, -0.15) is 0 Å². The van der Waals surface area contributed by atoms with Crippen LogP contribution in [0.25, 0.3) is 12.2 Å². The molecule has 38 heavy (non-hydrogen) atoms. The topological polar surface area (TPSA) is 80.3 Å². The highest BCUT2D eigenvalue weighted by atomic mass is 16.5. The largest absolute Gasteiger partial charge is 0.496 e. The van der Waals surface area contributed by atoms with Gasteiger partial charge in [0.1, 0.15) is 5.75 Å². The van der Waals surface area contributed by atoms with E-state index >= 15 is 0 Å². The second-order valence-corrected chi connectivity index (χ2v) is 8.88. The van der Waals surface area contributed by atoms with Crippen LogP contribution in [0.5, 0.6) is 11.5 Å². The Morgan fingerprint density at radius 3 is 2.53 bits per heavy atom. The molecule has 0 aromatic heterocycles. The van der Waals surface area contributed by atoms with Crippen LogP contribution in [-0.2, 0) is 14.3 Å². The molecule has 0 atom stereocenters. The van der Waals surface area contributed by atoms with Crippen molar-refractivity contribution < 1.29 is 23.8 Å². The van der Waals surface area contributed by atoms with Gasteiger partial charge in [-0.1, -0.05) is 30.3 Å². The van der Waals surface area contributed by atoms with Crippen molar-refractivity contribution in [3.63, 3.8) is 0 Å². The minimum Gasteiger partial charge on any atom is -0.496 e. The summed E-state index contributed by atoms with van der Waals surface area (Å²) >= 11 is 0. The fourth-order valence-corrected chi connectivity index (χ4v) is 4.46. The van der Waals surface area contributed by atoms with Gasteiger partial charge in [-0.25, -0.2) is 0 Å². The number of amides is 2. The third kappa shape index (κ3) is 5.40. The number of fused-ring (bicyclic) bond motifs is 1. The van der Waals surface area contributed by atoms with E-state index < -0.39 is 0 Å². The van der Waals surface area contributed by atoms with Crippen LogP contribution < -0.4 is 24.6 Å². The van der Waals surface area contributed by atoms with E-state index in [4.69, 9.17) is 14.2 Å². The van der Waals surface area contributed by atoms with Gasteiger partial charge in [-0.3, -0.25) is 9.59 Å². The number of carbonyl (C=O) groups excluding carboxylic acids is 2. The van der Waals surface area contributed by atoms with Crippen LogP contribution in [0, 0.1) is 0 Å². The Morgan fingerprint density at radius 1 is 1.00 bits per heavy atom. The summed E-state index contributed by atoms with van der Waals surface area (Å²) < 4.78 is 16.9. The Bertz CT molecular complexity index is 1410. The summed E-state index contributed by atoms with van der Waals surface area (Å²) in [6, 6.07) is 20.6. The van der Waals surface area contributed by atoms with Gasteiger partial charge in [0.2, 0.25) is 5.91 Å². The molecule has 2 aliphatic rings. The van der Waals surface area contributed by atoms with Crippen molar-refractivity contribution in [3.05, 3.63) is 89.7 Å². The third-order valence-corrected chi connectivity index (χ3v) is 6.44. The fraction of sp³-hybridized carbons (Fsp3) is 0.200. The van der Waals surface area contributed by atoms with Crippen LogP contribution in [0.1, 0.15) is 11.1 Å². The first kappa shape index (κ1) is 25.1. The predicted molar refractivity (Wildman–Crippen MR) is 149 cm³/mol. The lowest BCUT2D eigenvalue weighted by atomic mass is 10.1. The number of hydrogen-bond donors (Lipinski definition) is 1. The Balaban J connectivity index is 1.35. The van der Waals surface area contributed by atoms with Gasteiger partial charge >= 0.3 is 0 Å². The van der Waals surface area contributed by atoms with Crippen LogP contribution in [0.2, 0.25) is 0 Å². The Hall–Kier alpha value is -4.56. The highest BCUT2D eigenvalue weighted by Gasteiger charge is 2.27. The first-order valence-electron chi connectivity index (χ1n) is 12.4. The molecule has 0 bridgehead atoms. The van der Waals surface area contributed by atoms with Gasteiger partial charge < -0.3 is 29.3 Å². The lowest BCUT2D eigenvalue weighted by Gasteiger charge is -2.30. The van der Waals surface area contributed by atoms with Gasteiger partial charge in [0.25, 0.3) is 5.91 Å². The second-order valence-electron chi connectivity index (χ2n) is 8.88. The number of rotatable bonds is 6. The first-order chi connectivity index (χ1) is 18.5. The zero-order valence-corrected chi connectivity index (χ0v) is 21.3. The van der Waals surface area contributed by atoms with Crippen molar-refractivity contribution in [1.82, 2.24) is 0 Å². The summed E-state index contributed by atoms with van der Waals surface area (Å²) in [5, 5.41) is 2.99. The van der Waals surface area contributed by atoms with E-state index in [2.05, 4.69) is 10.2 Å². The van der Waals surface area contributed by atoms with E-state index in [0.717, 1.165) is 30.0 Å². The van der Waals surface area contributed by atoms with Crippen molar-refractivity contribution >= 4 is 41.0 Å². The first-order valence-corrected chi connectivity index (χ1v) is 12.4. The van der Waals surface area contributed by atoms with Gasteiger partial charge in [0.05, 0.1) is 37.4 Å². The quantitative estimate of drug-likeness (QED) is 0.488. The van der Waals surface area contributed by atoms with Crippen molar-refractivity contribution in [2.75, 3.05) is 55.6 Å². The Labute approximate surface area is 221 Å². The van der Waals surface area contributed by atoms with Crippen molar-refractivity contribution in [2.24, 2.45) is 0 Å². The summed E-state index contributed by atoms with van der Waals surface area (Å²) in [5.41, 5.74) is 3.86. The summed E-state index contributed by atoms with van der Waals surface area (Å²) in [6.07, 6.45) is 4.86. The molecule has 5 rings (SSSR count). The normalized spacial score (nSPS) is 16.4. The minimum atomic E-state index is -0.259. The van der Waals surface area contributed by atoms with Crippen LogP contribution in [0.3, 0.4) is 0 Å². The van der Waals surface area contributed by atoms with Gasteiger partial charge in [-0.15, -0.1) is 0 Å². The molecule has 2 heterocycles. The standard InChI is InChI=1S/C30H29N3O5/c1-32-25-9-5-6-10-27(25)38-28(30(32)35)20-22-19-21(11-13-26(22)36-2)12-14-29(34)31-23-7-3-4-8-24(23)33-15-17-37-18-16-33/h3-14,19-20H,15-18H2,1-2H3,(H,31,34)/b14-12+,28-20-. The number of ether oxygens (including phenoxy) is 3. The van der Waals surface area contributed by atoms with Crippen LogP contribution in [-0.4, -0.2) is 52.3 Å². The summed E-state index contributed by atoms with van der Waals surface area (Å²) in [7, 11) is 3.28. The average molecular weight is 512 g/mol. The molecule has 0 saturated carbocycles. The molecule has 1 fully saturated rings. The lowest BCUT2D eigenvalue weighted by molar-refractivity contribution is -0.117. The van der Waals surface area contributed by atoms with E-state index in [0.29, 0.717) is 36.0 Å². The molecule has 0 unspecified atom stereocenters. The molecular formula is C30H29N3O5. The highest BCUT2D eigenvalue weighted by Crippen LogP contribution is 2.35. The minimum absolute atomic E-state index is 0.183. The van der Waals surface area contributed by atoms with Crippen molar-refractivity contribution in [2.45, 2.75) is 0 Å². The second kappa shape index (κ2) is 11.2. The highest BCUT2D eigenvalue weighted by molar-refractivity contribution is 6.09. The molecule has 2 amide bonds. The number of carbonyl (C=O) groups is 2. The van der Waals surface area contributed by atoms with E-state index in [1.165, 1.54) is 6.08 Å². The molecule has 3 aromatic rings. The van der Waals surface area contributed by atoms with E-state index in [9.17, 15) is 9.59 Å². The lowest BCUT2D eigenvalue weighted by Crippen LogP contribution is -2.36. The molecule has 8 nitrogen and oxygen atoms in total. The number of morpholine rings is 1. The Kier molecular flexibility index (Phi) is 7.42. The molecule has 1 saturated heterocycles. The number of hydrogen-bond acceptors (Lipinski definition) is 6. The number of methoxy groups -OCH3 is 1. The van der Waals surface area contributed by atoms with E-state index in [1.807, 2.05) is 60.7 Å². The summed E-state index contributed by atoms with van der Waals surface area (Å²) in [5.74, 6) is 0.861. The molecular weight excluding hydrogens is 482 g/mol. The number of likely N-dealkylation sites (N-methyl/N-ethyl adjacent to an activating group) is 1. The van der Waals surface area contributed by atoms with Gasteiger partial charge in [-0.05, 0) is 54.1 Å². The van der Waals surface area contributed by atoms with Crippen molar-refractivity contribution in [1.29, 1.82) is 0 Å². The molecule has 0 spiro atoms. The average Bonchev–Trinajstić information content (AvgIpc) is 2.95. The number of nitrogens with zero attached hydrogens (tertiary/aromatic N) is 2. The van der Waals surface area contributed by atoms with E-state index in [1.54, 1.807) is 37.3 Å². The zero-order chi connectivity index (χ0) is 26.5. The van der Waals surface area contributed by atoms with Crippen molar-refractivity contribution in [3.8, 4) is 11.5 Å². The maximum absolute atomic E-state index is 12.9. The van der Waals surface area contributed by atoms with Gasteiger partial charge in [0, 0.05) is 31.8 Å². The van der Waals surface area contributed by atoms with Crippen LogP contribution in [0.15, 0.2) is 78.6 Å². The maximum Gasteiger partial charge on any atom is 0.293 e. The third-order valence-electron chi connectivity index (χ3n) is 6.44. The molecule has 0 radical (unpaired) electrons. The summed E-state index contributed by atoms with van der Waals surface area (Å²) in [4.78, 5) is 29.5. The molecule has 8 heteroatoms.